The predicted molar refractivity (Wildman–Crippen MR) is 86.7 cm³/mol. The fourth-order valence-corrected chi connectivity index (χ4v) is 2.83. The van der Waals surface area contributed by atoms with E-state index in [1.807, 2.05) is 30.1 Å². The van der Waals surface area contributed by atoms with Crippen molar-refractivity contribution in [1.82, 2.24) is 35.1 Å². The second-order valence-electron chi connectivity index (χ2n) is 5.89. The summed E-state index contributed by atoms with van der Waals surface area (Å²) in [5.74, 6) is 0. The molecule has 0 saturated heterocycles. The summed E-state index contributed by atoms with van der Waals surface area (Å²) in [4.78, 5) is 4.02. The fraction of sp³-hybridized carbons (Fsp3) is 0.375. The number of hydrogen-bond donors (Lipinski definition) is 1. The number of aromatic nitrogens is 6. The van der Waals surface area contributed by atoms with Gasteiger partial charge in [-0.3, -0.25) is 9.67 Å². The Bertz CT molecular complexity index is 811. The lowest BCUT2D eigenvalue weighted by Crippen LogP contribution is -2.36. The van der Waals surface area contributed by atoms with Crippen LogP contribution in [0.25, 0.3) is 11.3 Å². The molecule has 0 fully saturated rings. The molecule has 8 heteroatoms. The molecule has 0 bridgehead atoms. The molecule has 1 atom stereocenters. The minimum atomic E-state index is 0.0859. The smallest absolute Gasteiger partial charge is 0.121 e. The zero-order valence-electron chi connectivity index (χ0n) is 13.5. The van der Waals surface area contributed by atoms with Gasteiger partial charge in [-0.15, -0.1) is 5.10 Å². The maximum absolute atomic E-state index is 5.97. The van der Waals surface area contributed by atoms with Crippen LogP contribution < -0.4 is 5.32 Å². The first-order chi connectivity index (χ1) is 11.8. The van der Waals surface area contributed by atoms with Crippen molar-refractivity contribution >= 4 is 0 Å². The van der Waals surface area contributed by atoms with E-state index in [1.165, 1.54) is 5.56 Å². The van der Waals surface area contributed by atoms with Gasteiger partial charge in [0.2, 0.25) is 0 Å². The van der Waals surface area contributed by atoms with E-state index in [9.17, 15) is 0 Å². The quantitative estimate of drug-likeness (QED) is 0.746. The van der Waals surface area contributed by atoms with Gasteiger partial charge < -0.3 is 10.1 Å². The molecule has 0 radical (unpaired) electrons. The van der Waals surface area contributed by atoms with Gasteiger partial charge in [-0.2, -0.15) is 5.10 Å². The Labute approximate surface area is 139 Å². The lowest BCUT2D eigenvalue weighted by atomic mass is 10.2. The molecule has 1 aliphatic rings. The second-order valence-corrected chi connectivity index (χ2v) is 5.89. The lowest BCUT2D eigenvalue weighted by Gasteiger charge is -2.24. The van der Waals surface area contributed by atoms with Crippen LogP contribution in [0.15, 0.2) is 36.9 Å². The van der Waals surface area contributed by atoms with Crippen molar-refractivity contribution < 1.29 is 4.74 Å². The van der Waals surface area contributed by atoms with E-state index in [0.29, 0.717) is 13.2 Å². The SMILES string of the molecule is Cn1cc(-c2nnn3c2CO[C@@H](CNCc2ccncc2)C3)cn1. The molecule has 4 rings (SSSR count). The predicted octanol–water partition coefficient (Wildman–Crippen LogP) is 0.762. The Morgan fingerprint density at radius 1 is 1.33 bits per heavy atom. The zero-order valence-corrected chi connectivity index (χ0v) is 13.5. The van der Waals surface area contributed by atoms with E-state index in [4.69, 9.17) is 4.74 Å². The van der Waals surface area contributed by atoms with Crippen LogP contribution >= 0.6 is 0 Å². The van der Waals surface area contributed by atoms with Gasteiger partial charge >= 0.3 is 0 Å². The molecule has 8 nitrogen and oxygen atoms in total. The molecule has 1 aliphatic heterocycles. The Hall–Kier alpha value is -2.58. The second kappa shape index (κ2) is 6.50. The van der Waals surface area contributed by atoms with Crippen molar-refractivity contribution in [3.05, 3.63) is 48.2 Å². The molecule has 24 heavy (non-hydrogen) atoms. The van der Waals surface area contributed by atoms with Crippen LogP contribution in [-0.2, 0) is 31.5 Å². The highest BCUT2D eigenvalue weighted by Crippen LogP contribution is 2.24. The zero-order chi connectivity index (χ0) is 16.4. The standard InChI is InChI=1S/C16H19N7O/c1-22-9-13(7-19-22)16-15-11-24-14(10-23(15)21-20-16)8-18-6-12-2-4-17-5-3-12/h2-5,7,9,14,18H,6,8,10-11H2,1H3/t14-/m0/s1. The van der Waals surface area contributed by atoms with Crippen molar-refractivity contribution in [2.75, 3.05) is 6.54 Å². The number of fused-ring (bicyclic) bond motifs is 1. The Morgan fingerprint density at radius 2 is 2.21 bits per heavy atom. The van der Waals surface area contributed by atoms with Gasteiger partial charge in [-0.25, -0.2) is 4.68 Å². The number of nitrogens with one attached hydrogen (secondary N) is 1. The number of nitrogens with zero attached hydrogens (tertiary/aromatic N) is 6. The Kier molecular flexibility index (Phi) is 4.06. The minimum absolute atomic E-state index is 0.0859. The summed E-state index contributed by atoms with van der Waals surface area (Å²) < 4.78 is 9.66. The summed E-state index contributed by atoms with van der Waals surface area (Å²) in [5.41, 5.74) is 4.04. The average Bonchev–Trinajstić information content (AvgIpc) is 3.21. The maximum Gasteiger partial charge on any atom is 0.121 e. The van der Waals surface area contributed by atoms with Crippen molar-refractivity contribution in [3.63, 3.8) is 0 Å². The van der Waals surface area contributed by atoms with Crippen LogP contribution in [0.4, 0.5) is 0 Å². The molecule has 0 amide bonds. The van der Waals surface area contributed by atoms with Crippen LogP contribution in [0.1, 0.15) is 11.3 Å². The molecule has 4 heterocycles. The third-order valence-electron chi connectivity index (χ3n) is 4.10. The normalized spacial score (nSPS) is 17.0. The van der Waals surface area contributed by atoms with Gasteiger partial charge in [-0.05, 0) is 17.7 Å². The highest BCUT2D eigenvalue weighted by atomic mass is 16.5. The van der Waals surface area contributed by atoms with E-state index in [1.54, 1.807) is 23.3 Å². The summed E-state index contributed by atoms with van der Waals surface area (Å²) in [6.45, 7) is 2.78. The summed E-state index contributed by atoms with van der Waals surface area (Å²) >= 11 is 0. The third kappa shape index (κ3) is 3.06. The summed E-state index contributed by atoms with van der Waals surface area (Å²) in [6.07, 6.45) is 7.43. The van der Waals surface area contributed by atoms with E-state index in [-0.39, 0.29) is 6.10 Å². The Balaban J connectivity index is 1.37. The topological polar surface area (TPSA) is 82.7 Å². The van der Waals surface area contributed by atoms with Gasteiger partial charge in [0.25, 0.3) is 0 Å². The minimum Gasteiger partial charge on any atom is -0.369 e. The molecule has 0 unspecified atom stereocenters. The first-order valence-electron chi connectivity index (χ1n) is 7.92. The fourth-order valence-electron chi connectivity index (χ4n) is 2.83. The van der Waals surface area contributed by atoms with E-state index in [2.05, 4.69) is 25.7 Å². The summed E-state index contributed by atoms with van der Waals surface area (Å²) in [7, 11) is 1.89. The summed E-state index contributed by atoms with van der Waals surface area (Å²) in [5, 5.41) is 16.2. The molecule has 3 aromatic heterocycles. The van der Waals surface area contributed by atoms with Crippen LogP contribution in [0.2, 0.25) is 0 Å². The average molecular weight is 325 g/mol. The number of ether oxygens (including phenoxy) is 1. The molecular weight excluding hydrogens is 306 g/mol. The molecule has 0 saturated carbocycles. The number of aryl methyl sites for hydroxylation is 1. The van der Waals surface area contributed by atoms with E-state index in [0.717, 1.165) is 30.0 Å². The monoisotopic (exact) mass is 325 g/mol. The van der Waals surface area contributed by atoms with Gasteiger partial charge in [0.05, 0.1) is 31.1 Å². The summed E-state index contributed by atoms with van der Waals surface area (Å²) in [6, 6.07) is 4.01. The van der Waals surface area contributed by atoms with Crippen LogP contribution in [0, 0.1) is 0 Å². The van der Waals surface area contributed by atoms with Crippen molar-refractivity contribution in [2.45, 2.75) is 25.8 Å². The van der Waals surface area contributed by atoms with E-state index < -0.39 is 0 Å². The molecule has 0 aliphatic carbocycles. The van der Waals surface area contributed by atoms with Crippen molar-refractivity contribution in [1.29, 1.82) is 0 Å². The number of hydrogen-bond acceptors (Lipinski definition) is 6. The third-order valence-corrected chi connectivity index (χ3v) is 4.10. The largest absolute Gasteiger partial charge is 0.369 e. The number of rotatable bonds is 5. The van der Waals surface area contributed by atoms with Gasteiger partial charge in [-0.1, -0.05) is 5.21 Å². The van der Waals surface area contributed by atoms with Crippen LogP contribution in [-0.4, -0.2) is 42.4 Å². The first-order valence-corrected chi connectivity index (χ1v) is 7.92. The van der Waals surface area contributed by atoms with Crippen LogP contribution in [0.3, 0.4) is 0 Å². The van der Waals surface area contributed by atoms with Crippen LogP contribution in [0.5, 0.6) is 0 Å². The first kappa shape index (κ1) is 15.0. The van der Waals surface area contributed by atoms with E-state index >= 15 is 0 Å². The highest BCUT2D eigenvalue weighted by Gasteiger charge is 2.24. The molecule has 3 aromatic rings. The molecular formula is C16H19N7O. The molecule has 0 spiro atoms. The Morgan fingerprint density at radius 3 is 3.00 bits per heavy atom. The van der Waals surface area contributed by atoms with Crippen molar-refractivity contribution in [2.24, 2.45) is 7.05 Å². The molecule has 124 valence electrons. The maximum atomic E-state index is 5.97. The van der Waals surface area contributed by atoms with Crippen molar-refractivity contribution in [3.8, 4) is 11.3 Å². The molecule has 0 aromatic carbocycles. The molecule has 1 N–H and O–H groups in total. The highest BCUT2D eigenvalue weighted by molar-refractivity contribution is 5.59. The van der Waals surface area contributed by atoms with Gasteiger partial charge in [0.15, 0.2) is 0 Å². The van der Waals surface area contributed by atoms with Gasteiger partial charge in [0.1, 0.15) is 5.69 Å². The van der Waals surface area contributed by atoms with Gasteiger partial charge in [0, 0.05) is 44.3 Å². The lowest BCUT2D eigenvalue weighted by molar-refractivity contribution is 0.00125. The number of pyridine rings is 1.